The molecule has 1 unspecified atom stereocenters. The number of nitrogens with one attached hydrogen (secondary N) is 2. The van der Waals surface area contributed by atoms with Crippen LogP contribution in [0.15, 0.2) is 59.6 Å². The summed E-state index contributed by atoms with van der Waals surface area (Å²) in [4.78, 5) is 4.70. The van der Waals surface area contributed by atoms with Gasteiger partial charge in [0.15, 0.2) is 11.8 Å². The van der Waals surface area contributed by atoms with Crippen molar-refractivity contribution in [3.05, 3.63) is 71.8 Å². The maximum absolute atomic E-state index is 5.80. The van der Waals surface area contributed by atoms with Gasteiger partial charge in [0.05, 0.1) is 19.7 Å². The zero-order chi connectivity index (χ0) is 22.1. The van der Waals surface area contributed by atoms with Gasteiger partial charge in [-0.1, -0.05) is 30.3 Å². The minimum absolute atomic E-state index is 0. The van der Waals surface area contributed by atoms with Crippen LogP contribution in [0.2, 0.25) is 0 Å². The fraction of sp³-hybridized carbons (Fsp3) is 0.348. The number of methoxy groups -OCH3 is 1. The Morgan fingerprint density at radius 3 is 2.38 bits per heavy atom. The molecule has 2 N–H and O–H groups in total. The Balaban J connectivity index is 0.00000363. The molecule has 0 aliphatic rings. The van der Waals surface area contributed by atoms with Crippen molar-refractivity contribution < 1.29 is 9.47 Å². The van der Waals surface area contributed by atoms with Crippen molar-refractivity contribution in [1.82, 2.24) is 25.4 Å². The topological polar surface area (TPSA) is 85.6 Å². The molecule has 0 radical (unpaired) electrons. The lowest BCUT2D eigenvalue weighted by atomic mass is 10.1. The summed E-state index contributed by atoms with van der Waals surface area (Å²) in [6.45, 7) is 5.54. The molecular weight excluding hydrogens is 519 g/mol. The highest BCUT2D eigenvalue weighted by Gasteiger charge is 2.09. The van der Waals surface area contributed by atoms with Gasteiger partial charge in [0.25, 0.3) is 0 Å². The van der Waals surface area contributed by atoms with E-state index in [-0.39, 0.29) is 30.0 Å². The van der Waals surface area contributed by atoms with Crippen molar-refractivity contribution in [2.45, 2.75) is 26.4 Å². The third-order valence-corrected chi connectivity index (χ3v) is 4.94. The molecule has 0 aliphatic carbocycles. The third kappa shape index (κ3) is 7.40. The predicted molar refractivity (Wildman–Crippen MR) is 137 cm³/mol. The van der Waals surface area contributed by atoms with Crippen LogP contribution < -0.4 is 20.1 Å². The van der Waals surface area contributed by atoms with E-state index in [0.717, 1.165) is 23.1 Å². The number of aryl methyl sites for hydroxylation is 1. The minimum atomic E-state index is 0. The first kappa shape index (κ1) is 25.4. The highest BCUT2D eigenvalue weighted by Crippen LogP contribution is 2.16. The second-order valence-corrected chi connectivity index (χ2v) is 7.11. The van der Waals surface area contributed by atoms with E-state index in [1.165, 1.54) is 5.56 Å². The van der Waals surface area contributed by atoms with Crippen molar-refractivity contribution >= 4 is 29.9 Å². The van der Waals surface area contributed by atoms with Gasteiger partial charge in [0, 0.05) is 7.05 Å². The van der Waals surface area contributed by atoms with E-state index in [2.05, 4.69) is 39.9 Å². The Labute approximate surface area is 206 Å². The predicted octanol–water partition coefficient (Wildman–Crippen LogP) is 3.63. The summed E-state index contributed by atoms with van der Waals surface area (Å²) in [6.07, 6.45) is 0. The molecule has 0 saturated heterocycles. The molecule has 0 bridgehead atoms. The molecule has 3 rings (SSSR count). The number of aromatic nitrogens is 3. The van der Waals surface area contributed by atoms with Gasteiger partial charge >= 0.3 is 0 Å². The summed E-state index contributed by atoms with van der Waals surface area (Å²) in [7, 11) is 3.59. The molecular formula is C23H31IN6O2. The third-order valence-electron chi connectivity index (χ3n) is 4.94. The molecule has 0 aliphatic heterocycles. The van der Waals surface area contributed by atoms with Crippen LogP contribution >= 0.6 is 24.0 Å². The Morgan fingerprint density at radius 2 is 1.75 bits per heavy atom. The van der Waals surface area contributed by atoms with Crippen molar-refractivity contribution in [2.75, 3.05) is 20.3 Å². The van der Waals surface area contributed by atoms with Crippen molar-refractivity contribution in [3.8, 4) is 11.5 Å². The quantitative estimate of drug-likeness (QED) is 0.183. The zero-order valence-corrected chi connectivity index (χ0v) is 21.2. The van der Waals surface area contributed by atoms with E-state index < -0.39 is 0 Å². The Hall–Kier alpha value is -2.82. The first-order valence-corrected chi connectivity index (χ1v) is 10.3. The zero-order valence-electron chi connectivity index (χ0n) is 18.9. The number of halogens is 1. The summed E-state index contributed by atoms with van der Waals surface area (Å²) >= 11 is 0. The smallest absolute Gasteiger partial charge is 0.192 e. The summed E-state index contributed by atoms with van der Waals surface area (Å²) < 4.78 is 12.9. The molecule has 1 heterocycles. The number of ether oxygens (including phenoxy) is 2. The Morgan fingerprint density at radius 1 is 1.06 bits per heavy atom. The normalized spacial score (nSPS) is 11.9. The van der Waals surface area contributed by atoms with Crippen LogP contribution in [-0.2, 0) is 13.6 Å². The second-order valence-electron chi connectivity index (χ2n) is 7.11. The van der Waals surface area contributed by atoms with Crippen LogP contribution in [0, 0.1) is 6.92 Å². The Bertz CT molecular complexity index is 976. The average molecular weight is 550 g/mol. The summed E-state index contributed by atoms with van der Waals surface area (Å²) in [5.74, 6) is 3.95. The molecule has 8 nitrogen and oxygen atoms in total. The molecule has 1 atom stereocenters. The van der Waals surface area contributed by atoms with E-state index in [1.807, 2.05) is 61.0 Å². The van der Waals surface area contributed by atoms with Crippen molar-refractivity contribution in [1.29, 1.82) is 0 Å². The van der Waals surface area contributed by atoms with Crippen LogP contribution in [0.1, 0.15) is 30.2 Å². The molecule has 0 fully saturated rings. The monoisotopic (exact) mass is 550 g/mol. The van der Waals surface area contributed by atoms with Crippen molar-refractivity contribution in [3.63, 3.8) is 0 Å². The van der Waals surface area contributed by atoms with E-state index in [9.17, 15) is 0 Å². The number of aliphatic imine (C=N–C) groups is 1. The Kier molecular flexibility index (Phi) is 10.3. The maximum Gasteiger partial charge on any atom is 0.192 e. The highest BCUT2D eigenvalue weighted by atomic mass is 127. The number of benzene rings is 2. The molecule has 9 heteroatoms. The molecule has 172 valence electrons. The average Bonchev–Trinajstić information content (AvgIpc) is 3.13. The van der Waals surface area contributed by atoms with Crippen LogP contribution in [0.25, 0.3) is 0 Å². The highest BCUT2D eigenvalue weighted by molar-refractivity contribution is 14.0. The van der Waals surface area contributed by atoms with Gasteiger partial charge < -0.3 is 24.7 Å². The maximum atomic E-state index is 5.80. The van der Waals surface area contributed by atoms with Gasteiger partial charge in [0.2, 0.25) is 0 Å². The second kappa shape index (κ2) is 12.9. The number of nitrogens with zero attached hydrogens (tertiary/aromatic N) is 4. The molecule has 0 amide bonds. The molecule has 3 aromatic rings. The molecule has 2 aromatic carbocycles. The molecule has 0 saturated carbocycles. The lowest BCUT2D eigenvalue weighted by Crippen LogP contribution is -2.40. The lowest BCUT2D eigenvalue weighted by molar-refractivity contribution is 0.320. The molecule has 1 aromatic heterocycles. The fourth-order valence-corrected chi connectivity index (χ4v) is 2.93. The molecule has 32 heavy (non-hydrogen) atoms. The lowest BCUT2D eigenvalue weighted by Gasteiger charge is -2.19. The van der Waals surface area contributed by atoms with Crippen molar-refractivity contribution in [2.24, 2.45) is 12.0 Å². The van der Waals surface area contributed by atoms with E-state index in [4.69, 9.17) is 14.5 Å². The first-order chi connectivity index (χ1) is 15.1. The summed E-state index contributed by atoms with van der Waals surface area (Å²) in [5.41, 5.74) is 1.18. The van der Waals surface area contributed by atoms with Crippen LogP contribution in [-0.4, -0.2) is 41.0 Å². The molecule has 0 spiro atoms. The SMILES string of the molecule is COc1ccc(OCCNC(=NCc2nnc(C)n2C)NC(C)c2ccccc2)cc1.I. The van der Waals surface area contributed by atoms with Gasteiger partial charge in [-0.3, -0.25) is 0 Å². The largest absolute Gasteiger partial charge is 0.497 e. The van der Waals surface area contributed by atoms with E-state index in [0.29, 0.717) is 25.7 Å². The standard InChI is InChI=1S/C23H30N6O2.HI/c1-17(19-8-6-5-7-9-19)26-23(25-16-22-28-27-18(2)29(22)3)24-14-15-31-21-12-10-20(30-4)11-13-21;/h5-13,17H,14-16H2,1-4H3,(H2,24,25,26);1H. The van der Waals surface area contributed by atoms with E-state index >= 15 is 0 Å². The van der Waals surface area contributed by atoms with E-state index in [1.54, 1.807) is 7.11 Å². The number of hydrogen-bond donors (Lipinski definition) is 2. The number of rotatable bonds is 9. The van der Waals surface area contributed by atoms with Gasteiger partial charge in [-0.05, 0) is 43.7 Å². The minimum Gasteiger partial charge on any atom is -0.497 e. The van der Waals surface area contributed by atoms with Crippen LogP contribution in [0.3, 0.4) is 0 Å². The summed E-state index contributed by atoms with van der Waals surface area (Å²) in [5, 5.41) is 15.1. The first-order valence-electron chi connectivity index (χ1n) is 10.3. The van der Waals surface area contributed by atoms with Gasteiger partial charge in [-0.2, -0.15) is 0 Å². The van der Waals surface area contributed by atoms with Gasteiger partial charge in [0.1, 0.15) is 30.5 Å². The summed E-state index contributed by atoms with van der Waals surface area (Å²) in [6, 6.07) is 17.9. The van der Waals surface area contributed by atoms with Gasteiger partial charge in [-0.25, -0.2) is 4.99 Å². The number of hydrogen-bond acceptors (Lipinski definition) is 5. The van der Waals surface area contributed by atoms with Crippen LogP contribution in [0.4, 0.5) is 0 Å². The van der Waals surface area contributed by atoms with Crippen LogP contribution in [0.5, 0.6) is 11.5 Å². The van der Waals surface area contributed by atoms with Gasteiger partial charge in [-0.15, -0.1) is 34.2 Å². The fourth-order valence-electron chi connectivity index (χ4n) is 2.93. The number of guanidine groups is 1.